The lowest BCUT2D eigenvalue weighted by Gasteiger charge is -2.22. The summed E-state index contributed by atoms with van der Waals surface area (Å²) in [4.78, 5) is 34.4. The smallest absolute Gasteiger partial charge is 0.270 e. The van der Waals surface area contributed by atoms with Crippen molar-refractivity contribution >= 4 is 49.3 Å². The van der Waals surface area contributed by atoms with Crippen LogP contribution in [0.5, 0.6) is 5.75 Å². The molecule has 0 bridgehead atoms. The van der Waals surface area contributed by atoms with Crippen LogP contribution in [-0.2, 0) is 11.3 Å². The summed E-state index contributed by atoms with van der Waals surface area (Å²) in [5.41, 5.74) is 5.24. The molecule has 0 radical (unpaired) electrons. The minimum atomic E-state index is -0.430. The van der Waals surface area contributed by atoms with Gasteiger partial charge in [-0.15, -0.1) is 11.3 Å². The van der Waals surface area contributed by atoms with Crippen LogP contribution < -0.4 is 10.2 Å². The molecule has 0 spiro atoms. The third-order valence-electron chi connectivity index (χ3n) is 4.77. The maximum atomic E-state index is 13.2. The number of hydrogen-bond acceptors (Lipinski definition) is 6. The lowest BCUT2D eigenvalue weighted by Crippen LogP contribution is -2.44. The molecule has 9 heteroatoms. The molecule has 0 saturated carbocycles. The number of benzene rings is 2. The van der Waals surface area contributed by atoms with Crippen LogP contribution >= 0.6 is 27.3 Å². The molecule has 0 aliphatic rings. The molecule has 0 saturated heterocycles. The number of hydrazine groups is 1. The zero-order valence-electron chi connectivity index (χ0n) is 17.3. The number of amides is 2. The second kappa shape index (κ2) is 9.46. The number of halogens is 1. The lowest BCUT2D eigenvalue weighted by molar-refractivity contribution is -0.131. The number of ether oxygens (including phenoxy) is 1. The van der Waals surface area contributed by atoms with Crippen LogP contribution in [0.3, 0.4) is 0 Å². The van der Waals surface area contributed by atoms with Crippen molar-refractivity contribution in [3.05, 3.63) is 76.5 Å². The lowest BCUT2D eigenvalue weighted by atomic mass is 10.1. The van der Waals surface area contributed by atoms with Gasteiger partial charge in [-0.05, 0) is 39.7 Å². The number of rotatable bonds is 5. The average molecular weight is 511 g/mol. The first-order valence-electron chi connectivity index (χ1n) is 9.69. The van der Waals surface area contributed by atoms with E-state index in [0.29, 0.717) is 32.0 Å². The Kier molecular flexibility index (Phi) is 6.48. The van der Waals surface area contributed by atoms with Gasteiger partial charge in [0, 0.05) is 13.1 Å². The van der Waals surface area contributed by atoms with E-state index in [-0.39, 0.29) is 12.5 Å². The van der Waals surface area contributed by atoms with E-state index in [2.05, 4.69) is 26.3 Å². The van der Waals surface area contributed by atoms with Gasteiger partial charge in [-0.25, -0.2) is 15.0 Å². The van der Waals surface area contributed by atoms with Crippen LogP contribution in [0.15, 0.2) is 65.4 Å². The molecule has 0 atom stereocenters. The van der Waals surface area contributed by atoms with Gasteiger partial charge in [0.25, 0.3) is 5.91 Å². The summed E-state index contributed by atoms with van der Waals surface area (Å²) in [6, 6.07) is 16.7. The highest BCUT2D eigenvalue weighted by Crippen LogP contribution is 2.38. The van der Waals surface area contributed by atoms with Crippen molar-refractivity contribution in [1.82, 2.24) is 20.4 Å². The third-order valence-corrected chi connectivity index (χ3v) is 6.40. The summed E-state index contributed by atoms with van der Waals surface area (Å²) in [6.45, 7) is 1.66. The summed E-state index contributed by atoms with van der Waals surface area (Å²) in [5.74, 6) is -0.0521. The zero-order valence-corrected chi connectivity index (χ0v) is 19.7. The van der Waals surface area contributed by atoms with Gasteiger partial charge in [-0.3, -0.25) is 15.0 Å². The molecular formula is C23H19BrN4O3S. The maximum Gasteiger partial charge on any atom is 0.270 e. The molecule has 0 aliphatic carbocycles. The normalized spacial score (nSPS) is 10.7. The summed E-state index contributed by atoms with van der Waals surface area (Å²) in [5, 5.41) is 1.91. The topological polar surface area (TPSA) is 84.4 Å². The van der Waals surface area contributed by atoms with Crippen molar-refractivity contribution < 1.29 is 14.3 Å². The van der Waals surface area contributed by atoms with Crippen molar-refractivity contribution in [2.24, 2.45) is 0 Å². The Morgan fingerprint density at radius 3 is 2.62 bits per heavy atom. The summed E-state index contributed by atoms with van der Waals surface area (Å²) < 4.78 is 6.83. The zero-order chi connectivity index (χ0) is 22.7. The van der Waals surface area contributed by atoms with Gasteiger partial charge in [0.2, 0.25) is 5.91 Å². The van der Waals surface area contributed by atoms with E-state index in [1.807, 2.05) is 48.5 Å². The molecule has 4 rings (SSSR count). The summed E-state index contributed by atoms with van der Waals surface area (Å²) in [6.07, 6.45) is 1.53. The number of fused-ring (bicyclic) bond motifs is 1. The van der Waals surface area contributed by atoms with Crippen molar-refractivity contribution in [3.8, 4) is 16.3 Å². The minimum absolute atomic E-state index is 0.252. The van der Waals surface area contributed by atoms with E-state index in [9.17, 15) is 9.59 Å². The number of para-hydroxylation sites is 1. The molecule has 2 amide bonds. The highest BCUT2D eigenvalue weighted by Gasteiger charge is 2.23. The van der Waals surface area contributed by atoms with Crippen LogP contribution in [0.2, 0.25) is 0 Å². The van der Waals surface area contributed by atoms with Crippen LogP contribution in [-0.4, -0.2) is 33.9 Å². The van der Waals surface area contributed by atoms with Gasteiger partial charge < -0.3 is 4.74 Å². The Morgan fingerprint density at radius 1 is 1.12 bits per heavy atom. The van der Waals surface area contributed by atoms with Gasteiger partial charge in [-0.1, -0.05) is 36.4 Å². The number of hydrogen-bond donors (Lipinski definition) is 1. The van der Waals surface area contributed by atoms with Crippen molar-refractivity contribution in [2.75, 3.05) is 7.11 Å². The monoisotopic (exact) mass is 510 g/mol. The van der Waals surface area contributed by atoms with Crippen molar-refractivity contribution in [3.63, 3.8) is 0 Å². The first-order chi connectivity index (χ1) is 15.5. The van der Waals surface area contributed by atoms with Crippen molar-refractivity contribution in [2.45, 2.75) is 13.5 Å². The van der Waals surface area contributed by atoms with Gasteiger partial charge in [0.05, 0.1) is 29.5 Å². The van der Waals surface area contributed by atoms with Crippen molar-refractivity contribution in [1.29, 1.82) is 0 Å². The molecule has 0 aliphatic heterocycles. The van der Waals surface area contributed by atoms with E-state index < -0.39 is 5.91 Å². The number of nitrogens with zero attached hydrogens (tertiary/aromatic N) is 3. The Balaban J connectivity index is 1.69. The number of aromatic nitrogens is 2. The largest absolute Gasteiger partial charge is 0.494 e. The number of thiazole rings is 1. The predicted octanol–water partition coefficient (Wildman–Crippen LogP) is 4.82. The highest BCUT2D eigenvalue weighted by molar-refractivity contribution is 9.10. The molecule has 0 fully saturated rings. The third kappa shape index (κ3) is 4.49. The number of methoxy groups -OCH3 is 1. The summed E-state index contributed by atoms with van der Waals surface area (Å²) >= 11 is 4.89. The number of nitrogens with one attached hydrogen (secondary N) is 1. The summed E-state index contributed by atoms with van der Waals surface area (Å²) in [7, 11) is 1.59. The fourth-order valence-corrected chi connectivity index (χ4v) is 4.90. The second-order valence-electron chi connectivity index (χ2n) is 6.88. The average Bonchev–Trinajstić information content (AvgIpc) is 3.23. The number of carbonyl (C=O) groups excluding carboxylic acids is 2. The second-order valence-corrected chi connectivity index (χ2v) is 8.66. The van der Waals surface area contributed by atoms with E-state index in [0.717, 1.165) is 10.3 Å². The molecule has 2 heterocycles. The molecule has 32 heavy (non-hydrogen) atoms. The SMILES string of the molecule is COc1cccc2sc(-c3c(C(=O)NN(Cc4ccccc4)C(C)=O)ccnc3Br)nc12. The quantitative estimate of drug-likeness (QED) is 0.307. The molecule has 2 aromatic carbocycles. The first-order valence-corrected chi connectivity index (χ1v) is 11.3. The Morgan fingerprint density at radius 2 is 1.91 bits per heavy atom. The molecule has 0 unspecified atom stereocenters. The van der Waals surface area contributed by atoms with E-state index in [1.54, 1.807) is 13.2 Å². The number of carbonyl (C=O) groups is 2. The standard InChI is InChI=1S/C23H19BrN4O3S/c1-14(29)28(13-15-7-4-3-5-8-15)27-22(30)16-11-12-25-21(24)19(16)23-26-20-17(31-2)9-6-10-18(20)32-23/h3-12H,13H2,1-2H3,(H,27,30). The van der Waals surface area contributed by atoms with Gasteiger partial charge in [-0.2, -0.15) is 0 Å². The molecule has 162 valence electrons. The molecule has 7 nitrogen and oxygen atoms in total. The fraction of sp³-hybridized carbons (Fsp3) is 0.130. The Bertz CT molecular complexity index is 1290. The van der Waals surface area contributed by atoms with E-state index in [1.165, 1.54) is 29.5 Å². The Hall–Kier alpha value is -3.30. The van der Waals surface area contributed by atoms with E-state index >= 15 is 0 Å². The van der Waals surface area contributed by atoms with E-state index in [4.69, 9.17) is 9.72 Å². The van der Waals surface area contributed by atoms with Crippen LogP contribution in [0.4, 0.5) is 0 Å². The predicted molar refractivity (Wildman–Crippen MR) is 127 cm³/mol. The fourth-order valence-electron chi connectivity index (χ4n) is 3.20. The van der Waals surface area contributed by atoms with Gasteiger partial charge in [0.15, 0.2) is 0 Å². The van der Waals surface area contributed by atoms with Crippen LogP contribution in [0.1, 0.15) is 22.8 Å². The molecule has 1 N–H and O–H groups in total. The molecule has 2 aromatic heterocycles. The van der Waals surface area contributed by atoms with Gasteiger partial charge >= 0.3 is 0 Å². The highest BCUT2D eigenvalue weighted by atomic mass is 79.9. The maximum absolute atomic E-state index is 13.2. The van der Waals surface area contributed by atoms with Crippen LogP contribution in [0.25, 0.3) is 20.8 Å². The Labute approximate surface area is 197 Å². The minimum Gasteiger partial charge on any atom is -0.494 e. The van der Waals surface area contributed by atoms with Crippen LogP contribution in [0, 0.1) is 0 Å². The molecular weight excluding hydrogens is 492 g/mol. The van der Waals surface area contributed by atoms with Gasteiger partial charge in [0.1, 0.15) is 20.9 Å². The first kappa shape index (κ1) is 21.9. The molecule has 4 aromatic rings. The number of pyridine rings is 1.